The Hall–Kier alpha value is -2.47. The summed E-state index contributed by atoms with van der Waals surface area (Å²) in [5, 5.41) is 17.3. The van der Waals surface area contributed by atoms with E-state index in [-0.39, 0.29) is 5.69 Å². The molecule has 0 saturated heterocycles. The quantitative estimate of drug-likeness (QED) is 0.493. The lowest BCUT2D eigenvalue weighted by Gasteiger charge is -2.16. The molecule has 0 bridgehead atoms. The Bertz CT molecular complexity index is 684. The van der Waals surface area contributed by atoms with Crippen LogP contribution >= 0.6 is 12.2 Å². The van der Waals surface area contributed by atoms with E-state index >= 15 is 0 Å². The second-order valence-electron chi connectivity index (χ2n) is 5.13. The van der Waals surface area contributed by atoms with Crippen LogP contribution in [0.5, 0.6) is 0 Å². The van der Waals surface area contributed by atoms with Crippen molar-refractivity contribution in [2.24, 2.45) is 0 Å². The number of nitrogens with one attached hydrogen (secondary N) is 2. The number of thiocarbonyl (C=S) groups is 1. The molecule has 0 amide bonds. The van der Waals surface area contributed by atoms with Gasteiger partial charge in [0.15, 0.2) is 5.11 Å². The van der Waals surface area contributed by atoms with E-state index in [1.807, 2.05) is 18.2 Å². The van der Waals surface area contributed by atoms with Gasteiger partial charge in [0, 0.05) is 23.5 Å². The molecule has 2 aromatic rings. The molecule has 2 N–H and O–H groups in total. The third kappa shape index (κ3) is 4.02. The van der Waals surface area contributed by atoms with E-state index in [0.717, 1.165) is 5.69 Å². The first-order valence-electron chi connectivity index (χ1n) is 6.88. The summed E-state index contributed by atoms with van der Waals surface area (Å²) >= 11 is 5.29. The van der Waals surface area contributed by atoms with Crippen molar-refractivity contribution in [2.45, 2.75) is 19.8 Å². The monoisotopic (exact) mass is 315 g/mol. The fourth-order valence-electron chi connectivity index (χ4n) is 2.07. The van der Waals surface area contributed by atoms with Gasteiger partial charge >= 0.3 is 0 Å². The number of anilines is 2. The highest BCUT2D eigenvalue weighted by molar-refractivity contribution is 7.80. The maximum absolute atomic E-state index is 10.6. The van der Waals surface area contributed by atoms with Gasteiger partial charge in [-0.2, -0.15) is 0 Å². The standard InChI is InChI=1S/C16H17N3O2S/c1-11(2)14-5-3-4-6-15(14)18-16(22)17-12-7-9-13(10-8-12)19(20)21/h3-11H,1-2H3,(H2,17,18,22). The minimum absolute atomic E-state index is 0.0505. The maximum Gasteiger partial charge on any atom is 0.269 e. The zero-order valence-electron chi connectivity index (χ0n) is 12.4. The van der Waals surface area contributed by atoms with Crippen LogP contribution in [-0.2, 0) is 0 Å². The molecule has 0 spiro atoms. The zero-order chi connectivity index (χ0) is 16.1. The molecule has 0 heterocycles. The van der Waals surface area contributed by atoms with Gasteiger partial charge in [0.1, 0.15) is 0 Å². The second kappa shape index (κ2) is 7.00. The molecule has 5 nitrogen and oxygen atoms in total. The van der Waals surface area contributed by atoms with Crippen LogP contribution in [-0.4, -0.2) is 10.0 Å². The Morgan fingerprint density at radius 1 is 1.09 bits per heavy atom. The van der Waals surface area contributed by atoms with Crippen LogP contribution in [0.15, 0.2) is 48.5 Å². The van der Waals surface area contributed by atoms with Crippen LogP contribution in [0.25, 0.3) is 0 Å². The van der Waals surface area contributed by atoms with Crippen molar-refractivity contribution in [1.29, 1.82) is 0 Å². The Morgan fingerprint density at radius 3 is 2.32 bits per heavy atom. The van der Waals surface area contributed by atoms with E-state index in [1.54, 1.807) is 12.1 Å². The SMILES string of the molecule is CC(C)c1ccccc1NC(=S)Nc1ccc([N+](=O)[O-])cc1. The summed E-state index contributed by atoms with van der Waals surface area (Å²) in [5.74, 6) is 0.380. The average Bonchev–Trinajstić information content (AvgIpc) is 2.48. The average molecular weight is 315 g/mol. The molecular weight excluding hydrogens is 298 g/mol. The topological polar surface area (TPSA) is 67.2 Å². The highest BCUT2D eigenvalue weighted by Gasteiger charge is 2.08. The molecule has 6 heteroatoms. The van der Waals surface area contributed by atoms with Gasteiger partial charge in [0.05, 0.1) is 4.92 Å². The fraction of sp³-hybridized carbons (Fsp3) is 0.188. The van der Waals surface area contributed by atoms with Crippen LogP contribution in [0.3, 0.4) is 0 Å². The molecule has 0 unspecified atom stereocenters. The van der Waals surface area contributed by atoms with Gasteiger partial charge in [0.25, 0.3) is 5.69 Å². The van der Waals surface area contributed by atoms with E-state index in [9.17, 15) is 10.1 Å². The van der Waals surface area contributed by atoms with Gasteiger partial charge < -0.3 is 10.6 Å². The number of benzene rings is 2. The maximum atomic E-state index is 10.6. The lowest BCUT2D eigenvalue weighted by atomic mass is 10.0. The molecule has 0 aromatic heterocycles. The van der Waals surface area contributed by atoms with Gasteiger partial charge in [-0.05, 0) is 41.9 Å². The molecule has 114 valence electrons. The Kier molecular flexibility index (Phi) is 5.06. The van der Waals surface area contributed by atoms with Crippen LogP contribution in [0.1, 0.15) is 25.3 Å². The molecule has 22 heavy (non-hydrogen) atoms. The summed E-state index contributed by atoms with van der Waals surface area (Å²) in [6, 6.07) is 14.1. The second-order valence-corrected chi connectivity index (χ2v) is 5.53. The summed E-state index contributed by atoms with van der Waals surface area (Å²) in [5.41, 5.74) is 2.88. The number of nitrogens with zero attached hydrogens (tertiary/aromatic N) is 1. The number of hydrogen-bond acceptors (Lipinski definition) is 3. The third-order valence-corrected chi connectivity index (χ3v) is 3.37. The fourth-order valence-corrected chi connectivity index (χ4v) is 2.29. The smallest absolute Gasteiger partial charge is 0.269 e. The molecule has 0 aliphatic carbocycles. The van der Waals surface area contributed by atoms with Crippen LogP contribution < -0.4 is 10.6 Å². The van der Waals surface area contributed by atoms with Crippen molar-refractivity contribution in [3.8, 4) is 0 Å². The summed E-state index contributed by atoms with van der Waals surface area (Å²) in [4.78, 5) is 10.2. The van der Waals surface area contributed by atoms with E-state index in [2.05, 4.69) is 30.5 Å². The molecule has 0 saturated carbocycles. The van der Waals surface area contributed by atoms with Gasteiger partial charge in [-0.25, -0.2) is 0 Å². The minimum Gasteiger partial charge on any atom is -0.332 e. The van der Waals surface area contributed by atoms with Crippen molar-refractivity contribution >= 4 is 34.4 Å². The largest absolute Gasteiger partial charge is 0.332 e. The molecular formula is C16H17N3O2S. The van der Waals surface area contributed by atoms with Crippen molar-refractivity contribution in [2.75, 3.05) is 10.6 Å². The van der Waals surface area contributed by atoms with E-state index in [4.69, 9.17) is 12.2 Å². The molecule has 0 aliphatic rings. The van der Waals surface area contributed by atoms with Crippen molar-refractivity contribution in [3.63, 3.8) is 0 Å². The molecule has 2 rings (SSSR count). The highest BCUT2D eigenvalue weighted by Crippen LogP contribution is 2.24. The molecule has 0 fully saturated rings. The van der Waals surface area contributed by atoms with E-state index in [1.165, 1.54) is 17.7 Å². The summed E-state index contributed by atoms with van der Waals surface area (Å²) in [6.07, 6.45) is 0. The first-order valence-corrected chi connectivity index (χ1v) is 7.29. The Labute approximate surface area is 134 Å². The van der Waals surface area contributed by atoms with Crippen LogP contribution in [0.2, 0.25) is 0 Å². The lowest BCUT2D eigenvalue weighted by molar-refractivity contribution is -0.384. The van der Waals surface area contributed by atoms with Crippen LogP contribution in [0.4, 0.5) is 17.1 Å². The normalized spacial score (nSPS) is 10.3. The van der Waals surface area contributed by atoms with Crippen molar-refractivity contribution in [3.05, 3.63) is 64.2 Å². The number of nitro benzene ring substituents is 1. The number of hydrogen-bond donors (Lipinski definition) is 2. The Morgan fingerprint density at radius 2 is 1.73 bits per heavy atom. The number of nitro groups is 1. The number of non-ortho nitro benzene ring substituents is 1. The minimum atomic E-state index is -0.431. The van der Waals surface area contributed by atoms with Crippen molar-refractivity contribution < 1.29 is 4.92 Å². The summed E-state index contributed by atoms with van der Waals surface area (Å²) in [7, 11) is 0. The van der Waals surface area contributed by atoms with E-state index < -0.39 is 4.92 Å². The Balaban J connectivity index is 2.06. The highest BCUT2D eigenvalue weighted by atomic mass is 32.1. The van der Waals surface area contributed by atoms with Gasteiger partial charge in [-0.15, -0.1) is 0 Å². The summed E-state index contributed by atoms with van der Waals surface area (Å²) in [6.45, 7) is 4.24. The predicted octanol–water partition coefficient (Wildman–Crippen LogP) is 4.53. The van der Waals surface area contributed by atoms with Crippen LogP contribution in [0, 0.1) is 10.1 Å². The first-order chi connectivity index (χ1) is 10.5. The molecule has 0 radical (unpaired) electrons. The van der Waals surface area contributed by atoms with Gasteiger partial charge in [0.2, 0.25) is 0 Å². The zero-order valence-corrected chi connectivity index (χ0v) is 13.2. The summed E-state index contributed by atoms with van der Waals surface area (Å²) < 4.78 is 0. The first kappa shape index (κ1) is 15.9. The van der Waals surface area contributed by atoms with E-state index in [0.29, 0.717) is 16.7 Å². The number of rotatable bonds is 4. The molecule has 0 aliphatic heterocycles. The molecule has 0 atom stereocenters. The molecule has 2 aromatic carbocycles. The lowest BCUT2D eigenvalue weighted by Crippen LogP contribution is -2.20. The van der Waals surface area contributed by atoms with Gasteiger partial charge in [-0.1, -0.05) is 32.0 Å². The van der Waals surface area contributed by atoms with Crippen molar-refractivity contribution in [1.82, 2.24) is 0 Å². The third-order valence-electron chi connectivity index (χ3n) is 3.17. The number of para-hydroxylation sites is 1. The predicted molar refractivity (Wildman–Crippen MR) is 93.5 cm³/mol. The van der Waals surface area contributed by atoms with Gasteiger partial charge in [-0.3, -0.25) is 10.1 Å².